The summed E-state index contributed by atoms with van der Waals surface area (Å²) in [5, 5.41) is 17.0. The van der Waals surface area contributed by atoms with Crippen molar-refractivity contribution in [1.82, 2.24) is 9.97 Å². The fraction of sp³-hybridized carbons (Fsp3) is 0.429. The minimum absolute atomic E-state index is 0.0432. The maximum atomic E-state index is 9.49. The van der Waals surface area contributed by atoms with Gasteiger partial charge in [-0.15, -0.1) is 0 Å². The average Bonchev–Trinajstić information content (AvgIpc) is 2.91. The van der Waals surface area contributed by atoms with Crippen molar-refractivity contribution in [1.29, 1.82) is 0 Å². The first-order chi connectivity index (χ1) is 9.60. The highest BCUT2D eigenvalue weighted by molar-refractivity contribution is 7.08. The summed E-state index contributed by atoms with van der Waals surface area (Å²) in [4.78, 5) is 8.31. The lowest BCUT2D eigenvalue weighted by Gasteiger charge is -2.20. The number of nitrogens with zero attached hydrogens (tertiary/aromatic N) is 2. The zero-order chi connectivity index (χ0) is 14.5. The Kier molecular flexibility index (Phi) is 5.34. The van der Waals surface area contributed by atoms with Gasteiger partial charge in [0.1, 0.15) is 5.82 Å². The number of hydrogen-bond donors (Lipinski definition) is 2. The number of hydrogen-bond acceptors (Lipinski definition) is 5. The predicted molar refractivity (Wildman–Crippen MR) is 84.3 cm³/mol. The Bertz CT molecular complexity index is 545. The van der Waals surface area contributed by atoms with Crippen LogP contribution < -0.4 is 5.32 Å². The molecule has 0 aliphatic rings. The van der Waals surface area contributed by atoms with Gasteiger partial charge in [-0.25, -0.2) is 9.97 Å². The molecule has 1 atom stereocenters. The first kappa shape index (κ1) is 15.2. The van der Waals surface area contributed by atoms with Gasteiger partial charge in [-0.1, -0.05) is 13.8 Å². The van der Waals surface area contributed by atoms with E-state index >= 15 is 0 Å². The Hall–Kier alpha value is -1.17. The van der Waals surface area contributed by atoms with E-state index in [1.165, 1.54) is 0 Å². The van der Waals surface area contributed by atoms with Crippen LogP contribution in [0.15, 0.2) is 23.0 Å². The molecule has 0 radical (unpaired) electrons. The lowest BCUT2D eigenvalue weighted by Crippen LogP contribution is -2.26. The van der Waals surface area contributed by atoms with Crippen LogP contribution in [-0.4, -0.2) is 27.7 Å². The molecule has 20 heavy (non-hydrogen) atoms. The van der Waals surface area contributed by atoms with E-state index in [1.807, 2.05) is 16.8 Å². The van der Waals surface area contributed by atoms with E-state index in [-0.39, 0.29) is 17.9 Å². The molecular formula is C14H18ClN3OS. The normalized spacial score (nSPS) is 12.7. The van der Waals surface area contributed by atoms with Gasteiger partial charge in [-0.2, -0.15) is 11.3 Å². The second-order valence-corrected chi connectivity index (χ2v) is 6.18. The molecule has 6 heteroatoms. The number of halogens is 1. The zero-order valence-electron chi connectivity index (χ0n) is 11.5. The van der Waals surface area contributed by atoms with E-state index in [9.17, 15) is 5.11 Å². The maximum Gasteiger partial charge on any atom is 0.224 e. The van der Waals surface area contributed by atoms with Crippen LogP contribution in [0.3, 0.4) is 0 Å². The second-order valence-electron chi connectivity index (χ2n) is 5.07. The third-order valence-corrected chi connectivity index (χ3v) is 3.77. The van der Waals surface area contributed by atoms with E-state index in [1.54, 1.807) is 17.5 Å². The fourth-order valence-corrected chi connectivity index (χ4v) is 2.83. The first-order valence-corrected chi connectivity index (χ1v) is 7.84. The Morgan fingerprint density at radius 1 is 1.45 bits per heavy atom. The van der Waals surface area contributed by atoms with Crippen LogP contribution in [0.25, 0.3) is 11.1 Å². The fourth-order valence-electron chi connectivity index (χ4n) is 2.04. The number of nitrogens with one attached hydrogen (secondary N) is 1. The van der Waals surface area contributed by atoms with E-state index in [2.05, 4.69) is 29.1 Å². The van der Waals surface area contributed by atoms with E-state index in [0.29, 0.717) is 11.7 Å². The summed E-state index contributed by atoms with van der Waals surface area (Å²) in [5.74, 6) is 1.16. The van der Waals surface area contributed by atoms with Gasteiger partial charge < -0.3 is 10.4 Å². The van der Waals surface area contributed by atoms with Crippen molar-refractivity contribution in [3.63, 3.8) is 0 Å². The highest BCUT2D eigenvalue weighted by Gasteiger charge is 2.15. The summed E-state index contributed by atoms with van der Waals surface area (Å²) in [6, 6.07) is 1.97. The van der Waals surface area contributed by atoms with Crippen molar-refractivity contribution in [3.8, 4) is 11.1 Å². The van der Waals surface area contributed by atoms with Gasteiger partial charge in [0.25, 0.3) is 0 Å². The van der Waals surface area contributed by atoms with Crippen LogP contribution in [0.4, 0.5) is 5.82 Å². The van der Waals surface area contributed by atoms with Gasteiger partial charge in [0, 0.05) is 11.8 Å². The van der Waals surface area contributed by atoms with E-state index in [4.69, 9.17) is 11.6 Å². The number of anilines is 1. The quantitative estimate of drug-likeness (QED) is 0.799. The van der Waals surface area contributed by atoms with Crippen molar-refractivity contribution in [2.75, 3.05) is 11.9 Å². The van der Waals surface area contributed by atoms with Gasteiger partial charge in [0.2, 0.25) is 5.28 Å². The Morgan fingerprint density at radius 3 is 2.85 bits per heavy atom. The van der Waals surface area contributed by atoms with Gasteiger partial charge in [-0.05, 0) is 46.3 Å². The van der Waals surface area contributed by atoms with Crippen LogP contribution in [0.1, 0.15) is 20.3 Å². The molecule has 2 aromatic heterocycles. The molecule has 2 heterocycles. The molecule has 0 amide bonds. The minimum Gasteiger partial charge on any atom is -0.394 e. The summed E-state index contributed by atoms with van der Waals surface area (Å²) in [5.41, 5.74) is 1.95. The van der Waals surface area contributed by atoms with Gasteiger partial charge in [0.15, 0.2) is 0 Å². The van der Waals surface area contributed by atoms with Gasteiger partial charge in [0.05, 0.1) is 12.6 Å². The molecule has 108 valence electrons. The summed E-state index contributed by atoms with van der Waals surface area (Å²) >= 11 is 7.51. The average molecular weight is 312 g/mol. The highest BCUT2D eigenvalue weighted by Crippen LogP contribution is 2.29. The standard InChI is InChI=1S/C14H18ClN3OS/c1-9(2)5-11(7-19)17-13-12(6-16-14(15)18-13)10-3-4-20-8-10/h3-4,6,8-9,11,19H,5,7H2,1-2H3,(H,16,17,18). The number of aromatic nitrogens is 2. The third-order valence-electron chi connectivity index (χ3n) is 2.91. The molecule has 2 N–H and O–H groups in total. The molecule has 0 fully saturated rings. The molecule has 0 aliphatic carbocycles. The Morgan fingerprint density at radius 2 is 2.25 bits per heavy atom. The van der Waals surface area contributed by atoms with Crippen molar-refractivity contribution in [3.05, 3.63) is 28.3 Å². The van der Waals surface area contributed by atoms with E-state index in [0.717, 1.165) is 17.5 Å². The van der Waals surface area contributed by atoms with Crippen LogP contribution in [0, 0.1) is 5.92 Å². The molecular weight excluding hydrogens is 294 g/mol. The summed E-state index contributed by atoms with van der Waals surface area (Å²) in [6.45, 7) is 4.30. The minimum atomic E-state index is -0.0432. The van der Waals surface area contributed by atoms with Crippen LogP contribution >= 0.6 is 22.9 Å². The van der Waals surface area contributed by atoms with Crippen molar-refractivity contribution in [2.45, 2.75) is 26.3 Å². The lowest BCUT2D eigenvalue weighted by atomic mass is 10.0. The molecule has 0 saturated carbocycles. The Labute approximate surface area is 127 Å². The molecule has 0 saturated heterocycles. The lowest BCUT2D eigenvalue weighted by molar-refractivity contribution is 0.259. The van der Waals surface area contributed by atoms with Crippen molar-refractivity contribution < 1.29 is 5.11 Å². The molecule has 4 nitrogen and oxygen atoms in total. The smallest absolute Gasteiger partial charge is 0.224 e. The SMILES string of the molecule is CC(C)CC(CO)Nc1nc(Cl)ncc1-c1ccsc1. The van der Waals surface area contributed by atoms with Crippen LogP contribution in [0.5, 0.6) is 0 Å². The topological polar surface area (TPSA) is 58.0 Å². The molecule has 0 aliphatic heterocycles. The number of rotatable bonds is 6. The number of aliphatic hydroxyl groups excluding tert-OH is 1. The summed E-state index contributed by atoms with van der Waals surface area (Å²) < 4.78 is 0. The van der Waals surface area contributed by atoms with Crippen molar-refractivity contribution >= 4 is 28.8 Å². The molecule has 0 aromatic carbocycles. The van der Waals surface area contributed by atoms with E-state index < -0.39 is 0 Å². The predicted octanol–water partition coefficient (Wildman–Crippen LogP) is 3.68. The first-order valence-electron chi connectivity index (χ1n) is 6.52. The highest BCUT2D eigenvalue weighted by atomic mass is 35.5. The maximum absolute atomic E-state index is 9.49. The van der Waals surface area contributed by atoms with Crippen LogP contribution in [-0.2, 0) is 0 Å². The molecule has 0 spiro atoms. The molecule has 2 rings (SSSR count). The van der Waals surface area contributed by atoms with Gasteiger partial charge >= 0.3 is 0 Å². The molecule has 0 bridgehead atoms. The monoisotopic (exact) mass is 311 g/mol. The number of thiophene rings is 1. The van der Waals surface area contributed by atoms with Crippen molar-refractivity contribution in [2.24, 2.45) is 5.92 Å². The molecule has 2 aromatic rings. The Balaban J connectivity index is 2.27. The molecule has 1 unspecified atom stereocenters. The van der Waals surface area contributed by atoms with Gasteiger partial charge in [-0.3, -0.25) is 0 Å². The summed E-state index contributed by atoms with van der Waals surface area (Å²) in [6.07, 6.45) is 2.57. The van der Waals surface area contributed by atoms with Crippen LogP contribution in [0.2, 0.25) is 5.28 Å². The second kappa shape index (κ2) is 7.02. The zero-order valence-corrected chi connectivity index (χ0v) is 13.1. The number of aliphatic hydroxyl groups is 1. The largest absolute Gasteiger partial charge is 0.394 e. The summed E-state index contributed by atoms with van der Waals surface area (Å²) in [7, 11) is 0. The third kappa shape index (κ3) is 3.91.